The van der Waals surface area contributed by atoms with Crippen LogP contribution in [-0.2, 0) is 16.1 Å². The van der Waals surface area contributed by atoms with E-state index in [1.807, 2.05) is 0 Å². The molecule has 106 valence electrons. The lowest BCUT2D eigenvalue weighted by Gasteiger charge is -2.11. The van der Waals surface area contributed by atoms with Gasteiger partial charge in [-0.05, 0) is 38.6 Å². The molecule has 0 fully saturated rings. The third-order valence-corrected chi connectivity index (χ3v) is 2.14. The Morgan fingerprint density at radius 2 is 1.89 bits per heavy atom. The quantitative estimate of drug-likeness (QED) is 0.805. The summed E-state index contributed by atoms with van der Waals surface area (Å²) in [6.45, 7) is 3.15. The second-order valence-corrected chi connectivity index (χ2v) is 4.25. The average molecular weight is 273 g/mol. The number of hydrogen-bond donors (Lipinski definition) is 1. The third kappa shape index (κ3) is 4.82. The molecule has 0 unspecified atom stereocenters. The number of benzene rings is 1. The van der Waals surface area contributed by atoms with Gasteiger partial charge < -0.3 is 14.8 Å². The van der Waals surface area contributed by atoms with Crippen molar-refractivity contribution >= 4 is 5.97 Å². The molecule has 0 saturated carbocycles. The molecular weight excluding hydrogens is 256 g/mol. The lowest BCUT2D eigenvalue weighted by Crippen LogP contribution is -2.19. The fourth-order valence-corrected chi connectivity index (χ4v) is 1.48. The van der Waals surface area contributed by atoms with Crippen molar-refractivity contribution in [1.29, 1.82) is 0 Å². The van der Waals surface area contributed by atoms with E-state index >= 15 is 0 Å². The Kier molecular flexibility index (Phi) is 5.69. The maximum absolute atomic E-state index is 13.6. The Labute approximate surface area is 110 Å². The molecule has 1 aromatic carbocycles. The Balaban J connectivity index is 2.71. The average Bonchev–Trinajstić information content (AvgIpc) is 2.27. The molecule has 0 bridgehead atoms. The summed E-state index contributed by atoms with van der Waals surface area (Å²) in [4.78, 5) is 11.2. The van der Waals surface area contributed by atoms with Crippen LogP contribution in [0.25, 0.3) is 0 Å². The highest BCUT2D eigenvalue weighted by molar-refractivity contribution is 5.71. The lowest BCUT2D eigenvalue weighted by molar-refractivity contribution is -0.149. The van der Waals surface area contributed by atoms with E-state index in [9.17, 15) is 13.6 Å². The molecule has 0 aliphatic carbocycles. The van der Waals surface area contributed by atoms with E-state index in [0.717, 1.165) is 12.1 Å². The van der Waals surface area contributed by atoms with Gasteiger partial charge in [0.25, 0.3) is 0 Å². The van der Waals surface area contributed by atoms with Crippen LogP contribution in [0.15, 0.2) is 12.1 Å². The van der Waals surface area contributed by atoms with E-state index in [4.69, 9.17) is 9.47 Å². The van der Waals surface area contributed by atoms with Crippen LogP contribution < -0.4 is 10.1 Å². The first-order chi connectivity index (χ1) is 8.93. The van der Waals surface area contributed by atoms with Gasteiger partial charge in [-0.1, -0.05) is 0 Å². The Bertz CT molecular complexity index is 427. The first-order valence-corrected chi connectivity index (χ1v) is 5.88. The molecule has 1 aromatic rings. The molecule has 0 amide bonds. The summed E-state index contributed by atoms with van der Waals surface area (Å²) in [6, 6.07) is 2.31. The molecule has 1 N–H and O–H groups in total. The van der Waals surface area contributed by atoms with Crippen molar-refractivity contribution in [2.24, 2.45) is 0 Å². The highest BCUT2D eigenvalue weighted by atomic mass is 19.1. The summed E-state index contributed by atoms with van der Waals surface area (Å²) in [7, 11) is 1.67. The third-order valence-electron chi connectivity index (χ3n) is 2.14. The molecule has 0 saturated heterocycles. The van der Waals surface area contributed by atoms with Gasteiger partial charge in [0.15, 0.2) is 24.0 Å². The molecule has 0 heterocycles. The summed E-state index contributed by atoms with van der Waals surface area (Å²) in [5.74, 6) is -2.93. The van der Waals surface area contributed by atoms with Gasteiger partial charge in [-0.3, -0.25) is 0 Å². The van der Waals surface area contributed by atoms with Crippen molar-refractivity contribution in [2.45, 2.75) is 26.5 Å². The standard InChI is InChI=1S/C13H17F2NO3/c1-8(2)19-12(17)7-18-13-10(14)4-9(6-16-3)5-11(13)15/h4-5,8,16H,6-7H2,1-3H3. The zero-order chi connectivity index (χ0) is 14.4. The molecule has 0 atom stereocenters. The zero-order valence-corrected chi connectivity index (χ0v) is 11.1. The summed E-state index contributed by atoms with van der Waals surface area (Å²) in [5.41, 5.74) is 0.453. The van der Waals surface area contributed by atoms with E-state index in [0.29, 0.717) is 12.1 Å². The summed E-state index contributed by atoms with van der Waals surface area (Å²) in [5, 5.41) is 2.78. The Hall–Kier alpha value is -1.69. The van der Waals surface area contributed by atoms with Gasteiger partial charge in [0.1, 0.15) is 0 Å². The second-order valence-electron chi connectivity index (χ2n) is 4.25. The van der Waals surface area contributed by atoms with Crippen LogP contribution in [0.2, 0.25) is 0 Å². The predicted octanol–water partition coefficient (Wildman–Crippen LogP) is 2.01. The van der Waals surface area contributed by atoms with Crippen molar-refractivity contribution in [1.82, 2.24) is 5.32 Å². The molecule has 6 heteroatoms. The minimum atomic E-state index is -0.845. The molecule has 0 aromatic heterocycles. The van der Waals surface area contributed by atoms with Gasteiger partial charge in [0.05, 0.1) is 6.10 Å². The molecule has 0 aliphatic heterocycles. The van der Waals surface area contributed by atoms with E-state index in [-0.39, 0.29) is 6.10 Å². The number of ether oxygens (including phenoxy) is 2. The number of carbonyl (C=O) groups excluding carboxylic acids is 1. The van der Waals surface area contributed by atoms with Gasteiger partial charge in [-0.25, -0.2) is 13.6 Å². The normalized spacial score (nSPS) is 10.6. The predicted molar refractivity (Wildman–Crippen MR) is 65.8 cm³/mol. The SMILES string of the molecule is CNCc1cc(F)c(OCC(=O)OC(C)C)c(F)c1. The summed E-state index contributed by atoms with van der Waals surface area (Å²) in [6.07, 6.45) is -0.302. The van der Waals surface area contributed by atoms with Crippen molar-refractivity contribution in [3.63, 3.8) is 0 Å². The van der Waals surface area contributed by atoms with E-state index < -0.39 is 30.0 Å². The number of hydrogen-bond acceptors (Lipinski definition) is 4. The van der Waals surface area contributed by atoms with Crippen molar-refractivity contribution < 1.29 is 23.0 Å². The van der Waals surface area contributed by atoms with Crippen LogP contribution in [0.3, 0.4) is 0 Å². The minimum absolute atomic E-state index is 0.302. The van der Waals surface area contributed by atoms with Crippen LogP contribution in [0.1, 0.15) is 19.4 Å². The van der Waals surface area contributed by atoms with E-state index in [2.05, 4.69) is 5.32 Å². The molecule has 0 aliphatic rings. The summed E-state index contributed by atoms with van der Waals surface area (Å²) >= 11 is 0. The first-order valence-electron chi connectivity index (χ1n) is 5.88. The zero-order valence-electron chi connectivity index (χ0n) is 11.1. The highest BCUT2D eigenvalue weighted by Crippen LogP contribution is 2.23. The lowest BCUT2D eigenvalue weighted by atomic mass is 10.2. The number of halogens is 2. The number of carbonyl (C=O) groups is 1. The fourth-order valence-electron chi connectivity index (χ4n) is 1.48. The van der Waals surface area contributed by atoms with Gasteiger partial charge in [-0.2, -0.15) is 0 Å². The molecule has 0 radical (unpaired) electrons. The van der Waals surface area contributed by atoms with Crippen LogP contribution in [0, 0.1) is 11.6 Å². The van der Waals surface area contributed by atoms with E-state index in [1.54, 1.807) is 20.9 Å². The van der Waals surface area contributed by atoms with Crippen LogP contribution in [0.5, 0.6) is 5.75 Å². The van der Waals surface area contributed by atoms with Gasteiger partial charge in [0.2, 0.25) is 0 Å². The largest absolute Gasteiger partial charge is 0.476 e. The Morgan fingerprint density at radius 3 is 2.37 bits per heavy atom. The maximum atomic E-state index is 13.6. The maximum Gasteiger partial charge on any atom is 0.344 e. The van der Waals surface area contributed by atoms with Gasteiger partial charge in [0, 0.05) is 6.54 Å². The van der Waals surface area contributed by atoms with Crippen molar-refractivity contribution in [2.75, 3.05) is 13.7 Å². The Morgan fingerprint density at radius 1 is 1.32 bits per heavy atom. The molecule has 4 nitrogen and oxygen atoms in total. The van der Waals surface area contributed by atoms with Crippen LogP contribution in [0.4, 0.5) is 8.78 Å². The van der Waals surface area contributed by atoms with Crippen LogP contribution in [-0.4, -0.2) is 25.7 Å². The second kappa shape index (κ2) is 7.04. The molecule has 19 heavy (non-hydrogen) atoms. The van der Waals surface area contributed by atoms with Crippen LogP contribution >= 0.6 is 0 Å². The highest BCUT2D eigenvalue weighted by Gasteiger charge is 2.15. The van der Waals surface area contributed by atoms with Crippen molar-refractivity contribution in [3.05, 3.63) is 29.3 Å². The minimum Gasteiger partial charge on any atom is -0.476 e. The number of esters is 1. The van der Waals surface area contributed by atoms with Crippen molar-refractivity contribution in [3.8, 4) is 5.75 Å². The first kappa shape index (κ1) is 15.4. The molecule has 1 rings (SSSR count). The number of nitrogens with one attached hydrogen (secondary N) is 1. The molecular formula is C13H17F2NO3. The van der Waals surface area contributed by atoms with Gasteiger partial charge in [-0.15, -0.1) is 0 Å². The topological polar surface area (TPSA) is 47.6 Å². The van der Waals surface area contributed by atoms with E-state index in [1.165, 1.54) is 0 Å². The summed E-state index contributed by atoms with van der Waals surface area (Å²) < 4.78 is 36.8. The number of rotatable bonds is 6. The molecule has 0 spiro atoms. The van der Waals surface area contributed by atoms with Gasteiger partial charge >= 0.3 is 5.97 Å². The fraction of sp³-hybridized carbons (Fsp3) is 0.462. The smallest absolute Gasteiger partial charge is 0.344 e. The monoisotopic (exact) mass is 273 g/mol.